The topological polar surface area (TPSA) is 74.3 Å². The molecule has 2 aromatic rings. The number of fused-ring (bicyclic) bond motifs is 1. The second-order valence-corrected chi connectivity index (χ2v) is 5.46. The first-order valence-electron chi connectivity index (χ1n) is 6.97. The first kappa shape index (κ1) is 14.7. The standard InChI is InChI=1S/C15H15ClN4O2/c16-12-6-10-2-1-3-18-14(10)11(7-12)8-17-4-5-20-13(21)9-19-15(20)22/h1-3,6-7,17H,4-5,8-9H2,(H,19,22). The largest absolute Gasteiger partial charge is 0.329 e. The van der Waals surface area contributed by atoms with Crippen molar-refractivity contribution >= 4 is 34.4 Å². The van der Waals surface area contributed by atoms with E-state index >= 15 is 0 Å². The summed E-state index contributed by atoms with van der Waals surface area (Å²) in [6, 6.07) is 7.25. The van der Waals surface area contributed by atoms with Crippen molar-refractivity contribution in [2.45, 2.75) is 6.54 Å². The van der Waals surface area contributed by atoms with E-state index < -0.39 is 0 Å². The van der Waals surface area contributed by atoms with Crippen LogP contribution < -0.4 is 10.6 Å². The van der Waals surface area contributed by atoms with Crippen LogP contribution in [0.4, 0.5) is 4.79 Å². The Labute approximate surface area is 132 Å². The highest BCUT2D eigenvalue weighted by atomic mass is 35.5. The molecule has 1 aliphatic heterocycles. The summed E-state index contributed by atoms with van der Waals surface area (Å²) in [6.45, 7) is 1.51. The van der Waals surface area contributed by atoms with E-state index in [4.69, 9.17) is 11.6 Å². The van der Waals surface area contributed by atoms with Gasteiger partial charge in [-0.15, -0.1) is 0 Å². The number of imide groups is 1. The fraction of sp³-hybridized carbons (Fsp3) is 0.267. The van der Waals surface area contributed by atoms with Crippen molar-refractivity contribution < 1.29 is 9.59 Å². The molecule has 2 heterocycles. The molecule has 114 valence electrons. The van der Waals surface area contributed by atoms with Gasteiger partial charge in [0.05, 0.1) is 12.1 Å². The Kier molecular flexibility index (Phi) is 4.22. The molecular formula is C15H15ClN4O2. The number of hydrogen-bond acceptors (Lipinski definition) is 4. The summed E-state index contributed by atoms with van der Waals surface area (Å²) in [5, 5.41) is 7.35. The molecular weight excluding hydrogens is 304 g/mol. The van der Waals surface area contributed by atoms with Crippen LogP contribution >= 0.6 is 11.6 Å². The first-order valence-corrected chi connectivity index (χ1v) is 7.35. The summed E-state index contributed by atoms with van der Waals surface area (Å²) in [5.41, 5.74) is 1.88. The van der Waals surface area contributed by atoms with Crippen molar-refractivity contribution in [2.24, 2.45) is 0 Å². The predicted octanol–water partition coefficient (Wildman–Crippen LogP) is 1.53. The minimum absolute atomic E-state index is 0.0850. The lowest BCUT2D eigenvalue weighted by molar-refractivity contribution is -0.124. The highest BCUT2D eigenvalue weighted by Crippen LogP contribution is 2.22. The number of urea groups is 1. The number of carbonyl (C=O) groups excluding carboxylic acids is 2. The van der Waals surface area contributed by atoms with E-state index in [0.29, 0.717) is 24.7 Å². The van der Waals surface area contributed by atoms with Gasteiger partial charge < -0.3 is 10.6 Å². The van der Waals surface area contributed by atoms with Crippen LogP contribution in [0.5, 0.6) is 0 Å². The molecule has 0 bridgehead atoms. The average Bonchev–Trinajstić information content (AvgIpc) is 2.82. The molecule has 1 aromatic heterocycles. The van der Waals surface area contributed by atoms with E-state index in [1.54, 1.807) is 6.20 Å². The number of carbonyl (C=O) groups is 2. The highest BCUT2D eigenvalue weighted by molar-refractivity contribution is 6.31. The molecule has 2 N–H and O–H groups in total. The summed E-state index contributed by atoms with van der Waals surface area (Å²) < 4.78 is 0. The second-order valence-electron chi connectivity index (χ2n) is 5.02. The van der Waals surface area contributed by atoms with Gasteiger partial charge in [0.15, 0.2) is 0 Å². The van der Waals surface area contributed by atoms with Crippen LogP contribution in [0, 0.1) is 0 Å². The minimum Gasteiger partial charge on any atom is -0.329 e. The number of rotatable bonds is 5. The van der Waals surface area contributed by atoms with E-state index in [2.05, 4.69) is 15.6 Å². The predicted molar refractivity (Wildman–Crippen MR) is 83.6 cm³/mol. The third-order valence-electron chi connectivity index (χ3n) is 3.51. The third-order valence-corrected chi connectivity index (χ3v) is 3.73. The molecule has 0 saturated carbocycles. The van der Waals surface area contributed by atoms with E-state index in [9.17, 15) is 9.59 Å². The monoisotopic (exact) mass is 318 g/mol. The second kappa shape index (κ2) is 6.29. The molecule has 1 aliphatic rings. The lowest BCUT2D eigenvalue weighted by atomic mass is 10.1. The summed E-state index contributed by atoms with van der Waals surface area (Å²) >= 11 is 6.12. The number of halogens is 1. The van der Waals surface area contributed by atoms with Gasteiger partial charge in [-0.1, -0.05) is 17.7 Å². The smallest absolute Gasteiger partial charge is 0.324 e. The van der Waals surface area contributed by atoms with Crippen molar-refractivity contribution in [2.75, 3.05) is 19.6 Å². The number of hydrogen-bond donors (Lipinski definition) is 2. The van der Waals surface area contributed by atoms with Gasteiger partial charge in [-0.05, 0) is 23.8 Å². The molecule has 0 radical (unpaired) electrons. The summed E-state index contributed by atoms with van der Waals surface area (Å²) in [4.78, 5) is 28.4. The molecule has 0 atom stereocenters. The van der Waals surface area contributed by atoms with Crippen LogP contribution in [-0.4, -0.2) is 41.5 Å². The molecule has 22 heavy (non-hydrogen) atoms. The maximum Gasteiger partial charge on any atom is 0.324 e. The Bertz CT molecular complexity index is 719. The van der Waals surface area contributed by atoms with Crippen molar-refractivity contribution in [3.8, 4) is 0 Å². The third kappa shape index (κ3) is 3.03. The molecule has 6 nitrogen and oxygen atoms in total. The van der Waals surface area contributed by atoms with Crippen molar-refractivity contribution in [1.29, 1.82) is 0 Å². The Morgan fingerprint density at radius 3 is 3.00 bits per heavy atom. The van der Waals surface area contributed by atoms with Crippen LogP contribution in [-0.2, 0) is 11.3 Å². The quantitative estimate of drug-likeness (QED) is 0.647. The summed E-state index contributed by atoms with van der Waals surface area (Å²) in [6.07, 6.45) is 1.74. The molecule has 1 saturated heterocycles. The minimum atomic E-state index is -0.332. The Morgan fingerprint density at radius 2 is 2.23 bits per heavy atom. The zero-order valence-electron chi connectivity index (χ0n) is 11.8. The highest BCUT2D eigenvalue weighted by Gasteiger charge is 2.27. The lowest BCUT2D eigenvalue weighted by Crippen LogP contribution is -2.36. The first-order chi connectivity index (χ1) is 10.6. The summed E-state index contributed by atoms with van der Waals surface area (Å²) in [5.74, 6) is -0.193. The zero-order valence-corrected chi connectivity index (χ0v) is 12.6. The Balaban J connectivity index is 1.62. The zero-order chi connectivity index (χ0) is 15.5. The van der Waals surface area contributed by atoms with Crippen LogP contribution in [0.3, 0.4) is 0 Å². The van der Waals surface area contributed by atoms with Crippen molar-refractivity contribution in [3.63, 3.8) is 0 Å². The van der Waals surface area contributed by atoms with E-state index in [1.807, 2.05) is 24.3 Å². The maximum absolute atomic E-state index is 11.5. The van der Waals surface area contributed by atoms with Crippen molar-refractivity contribution in [3.05, 3.63) is 41.0 Å². The number of nitrogens with zero attached hydrogens (tertiary/aromatic N) is 2. The molecule has 0 spiro atoms. The van der Waals surface area contributed by atoms with Crippen LogP contribution in [0.25, 0.3) is 10.9 Å². The van der Waals surface area contributed by atoms with Gasteiger partial charge in [0.2, 0.25) is 5.91 Å². The number of amides is 3. The van der Waals surface area contributed by atoms with Gasteiger partial charge in [-0.2, -0.15) is 0 Å². The normalized spacial score (nSPS) is 14.7. The van der Waals surface area contributed by atoms with Crippen LogP contribution in [0.1, 0.15) is 5.56 Å². The van der Waals surface area contributed by atoms with E-state index in [1.165, 1.54) is 4.90 Å². The molecule has 1 aromatic carbocycles. The van der Waals surface area contributed by atoms with Gasteiger partial charge >= 0.3 is 6.03 Å². The summed E-state index contributed by atoms with van der Waals surface area (Å²) in [7, 11) is 0. The number of benzene rings is 1. The Hall–Kier alpha value is -2.18. The van der Waals surface area contributed by atoms with E-state index in [0.717, 1.165) is 16.5 Å². The number of nitrogens with one attached hydrogen (secondary N) is 2. The average molecular weight is 319 g/mol. The van der Waals surface area contributed by atoms with E-state index in [-0.39, 0.29) is 18.5 Å². The molecule has 0 unspecified atom stereocenters. The SMILES string of the molecule is O=C1CNC(=O)N1CCNCc1cc(Cl)cc2cccnc12. The number of aromatic nitrogens is 1. The molecule has 3 amide bonds. The molecule has 1 fully saturated rings. The number of pyridine rings is 1. The fourth-order valence-corrected chi connectivity index (χ4v) is 2.71. The van der Waals surface area contributed by atoms with Gasteiger partial charge in [-0.3, -0.25) is 14.7 Å². The lowest BCUT2D eigenvalue weighted by Gasteiger charge is -2.13. The van der Waals surface area contributed by atoms with Gasteiger partial charge in [0.1, 0.15) is 0 Å². The van der Waals surface area contributed by atoms with Gasteiger partial charge in [0.25, 0.3) is 0 Å². The van der Waals surface area contributed by atoms with Gasteiger partial charge in [-0.25, -0.2) is 4.79 Å². The van der Waals surface area contributed by atoms with Crippen molar-refractivity contribution in [1.82, 2.24) is 20.5 Å². The van der Waals surface area contributed by atoms with Crippen LogP contribution in [0.15, 0.2) is 30.5 Å². The van der Waals surface area contributed by atoms with Gasteiger partial charge in [0, 0.05) is 36.2 Å². The molecule has 0 aliphatic carbocycles. The fourth-order valence-electron chi connectivity index (χ4n) is 2.46. The van der Waals surface area contributed by atoms with Crippen LogP contribution in [0.2, 0.25) is 5.02 Å². The maximum atomic E-state index is 11.5. The molecule has 7 heteroatoms. The Morgan fingerprint density at radius 1 is 1.36 bits per heavy atom. The molecule has 3 rings (SSSR count).